The number of rotatable bonds is 2. The first kappa shape index (κ1) is 13.0. The number of nitrogens with zero attached hydrogens (tertiary/aromatic N) is 4. The van der Waals surface area contributed by atoms with Crippen LogP contribution in [-0.4, -0.2) is 40.3 Å². The summed E-state index contributed by atoms with van der Waals surface area (Å²) in [6.45, 7) is 3.15. The zero-order chi connectivity index (χ0) is 14.2. The maximum absolute atomic E-state index is 13.2. The van der Waals surface area contributed by atoms with Crippen molar-refractivity contribution >= 4 is 11.6 Å². The molecule has 112 valence electrons. The van der Waals surface area contributed by atoms with E-state index in [4.69, 9.17) is 0 Å². The predicted molar refractivity (Wildman–Crippen MR) is 78.9 cm³/mol. The summed E-state index contributed by atoms with van der Waals surface area (Å²) in [5.74, 6) is 1.21. The molecule has 1 N–H and O–H groups in total. The second-order valence-corrected chi connectivity index (χ2v) is 6.09. The van der Waals surface area contributed by atoms with Crippen molar-refractivity contribution in [2.75, 3.05) is 24.5 Å². The number of hydrogen-bond donors (Lipinski definition) is 1. The third kappa shape index (κ3) is 2.48. The van der Waals surface area contributed by atoms with Gasteiger partial charge in [-0.2, -0.15) is 4.98 Å². The van der Waals surface area contributed by atoms with Gasteiger partial charge in [-0.05, 0) is 50.3 Å². The van der Waals surface area contributed by atoms with Crippen LogP contribution in [0.4, 0.5) is 10.3 Å². The van der Waals surface area contributed by atoms with E-state index in [1.54, 1.807) is 6.07 Å². The monoisotopic (exact) mass is 289 g/mol. The second kappa shape index (κ2) is 5.26. The Morgan fingerprint density at radius 1 is 1.19 bits per heavy atom. The summed E-state index contributed by atoms with van der Waals surface area (Å²) in [5, 5.41) is 8.01. The van der Waals surface area contributed by atoms with Crippen molar-refractivity contribution in [3.8, 4) is 0 Å². The molecule has 0 aliphatic carbocycles. The fourth-order valence-corrected chi connectivity index (χ4v) is 3.60. The summed E-state index contributed by atoms with van der Waals surface area (Å²) in [6, 6.07) is 3.79. The molecule has 2 aliphatic heterocycles. The Morgan fingerprint density at radius 2 is 2.05 bits per heavy atom. The highest BCUT2D eigenvalue weighted by Crippen LogP contribution is 2.27. The lowest BCUT2D eigenvalue weighted by atomic mass is 9.89. The minimum Gasteiger partial charge on any atom is -0.339 e. The second-order valence-electron chi connectivity index (χ2n) is 6.09. The van der Waals surface area contributed by atoms with Gasteiger partial charge in [-0.3, -0.25) is 0 Å². The highest BCUT2D eigenvalue weighted by Gasteiger charge is 2.29. The number of nitrogens with one attached hydrogen (secondary N) is 1. The summed E-state index contributed by atoms with van der Waals surface area (Å²) in [7, 11) is 0. The fraction of sp³-hybridized carbons (Fsp3) is 0.600. The van der Waals surface area contributed by atoms with Crippen LogP contribution in [0.25, 0.3) is 5.65 Å². The molecule has 6 heteroatoms. The van der Waals surface area contributed by atoms with Crippen LogP contribution in [0.2, 0.25) is 0 Å². The van der Waals surface area contributed by atoms with Crippen LogP contribution in [0.15, 0.2) is 18.3 Å². The van der Waals surface area contributed by atoms with Crippen molar-refractivity contribution in [3.05, 3.63) is 24.1 Å². The minimum atomic E-state index is -0.287. The number of hydrogen-bond acceptors (Lipinski definition) is 4. The van der Waals surface area contributed by atoms with E-state index in [9.17, 15) is 4.39 Å². The Labute approximate surface area is 123 Å². The minimum absolute atomic E-state index is 0.287. The smallest absolute Gasteiger partial charge is 0.245 e. The molecular weight excluding hydrogens is 269 g/mol. The van der Waals surface area contributed by atoms with Gasteiger partial charge in [0.15, 0.2) is 5.65 Å². The van der Waals surface area contributed by atoms with Crippen molar-refractivity contribution in [1.29, 1.82) is 0 Å². The maximum Gasteiger partial charge on any atom is 0.245 e. The molecule has 2 aromatic heterocycles. The summed E-state index contributed by atoms with van der Waals surface area (Å²) in [5.41, 5.74) is 0.700. The molecule has 0 bridgehead atoms. The molecule has 0 radical (unpaired) electrons. The first-order valence-electron chi connectivity index (χ1n) is 7.80. The normalized spacial score (nSPS) is 24.0. The van der Waals surface area contributed by atoms with Crippen molar-refractivity contribution in [2.24, 2.45) is 5.92 Å². The lowest BCUT2D eigenvalue weighted by molar-refractivity contribution is 0.317. The van der Waals surface area contributed by atoms with Crippen LogP contribution in [0.3, 0.4) is 0 Å². The van der Waals surface area contributed by atoms with Crippen LogP contribution in [0.1, 0.15) is 25.7 Å². The Morgan fingerprint density at radius 3 is 2.81 bits per heavy atom. The van der Waals surface area contributed by atoms with Crippen LogP contribution >= 0.6 is 0 Å². The third-order valence-corrected chi connectivity index (χ3v) is 4.77. The van der Waals surface area contributed by atoms with E-state index >= 15 is 0 Å². The van der Waals surface area contributed by atoms with Gasteiger partial charge in [0.25, 0.3) is 0 Å². The average molecular weight is 289 g/mol. The van der Waals surface area contributed by atoms with E-state index in [1.165, 1.54) is 49.0 Å². The van der Waals surface area contributed by atoms with E-state index in [-0.39, 0.29) is 5.82 Å². The predicted octanol–water partition coefficient (Wildman–Crippen LogP) is 1.84. The van der Waals surface area contributed by atoms with Crippen molar-refractivity contribution in [2.45, 2.75) is 31.7 Å². The van der Waals surface area contributed by atoms with Crippen LogP contribution in [0.5, 0.6) is 0 Å². The van der Waals surface area contributed by atoms with Gasteiger partial charge in [-0.15, -0.1) is 5.10 Å². The molecular formula is C15H20FN5. The molecule has 2 fully saturated rings. The van der Waals surface area contributed by atoms with Gasteiger partial charge in [-0.25, -0.2) is 8.91 Å². The zero-order valence-electron chi connectivity index (χ0n) is 12.0. The lowest BCUT2D eigenvalue weighted by Crippen LogP contribution is -2.41. The summed E-state index contributed by atoms with van der Waals surface area (Å²) in [4.78, 5) is 6.71. The van der Waals surface area contributed by atoms with E-state index in [0.717, 1.165) is 25.0 Å². The number of piperidine rings is 1. The summed E-state index contributed by atoms with van der Waals surface area (Å²) in [6.07, 6.45) is 6.37. The molecule has 21 heavy (non-hydrogen) atoms. The number of anilines is 1. The van der Waals surface area contributed by atoms with Gasteiger partial charge in [0.2, 0.25) is 5.95 Å². The van der Waals surface area contributed by atoms with Gasteiger partial charge >= 0.3 is 0 Å². The van der Waals surface area contributed by atoms with Crippen molar-refractivity contribution in [1.82, 2.24) is 19.9 Å². The molecule has 0 aromatic carbocycles. The van der Waals surface area contributed by atoms with E-state index in [0.29, 0.717) is 11.7 Å². The zero-order valence-corrected chi connectivity index (χ0v) is 12.0. The van der Waals surface area contributed by atoms with Gasteiger partial charge in [0.1, 0.15) is 5.82 Å². The SMILES string of the molecule is Fc1ccc2nc(N3CCC(C4CCCN4)CC3)nn2c1. The Balaban J connectivity index is 1.46. The standard InChI is InChI=1S/C15H20FN5/c16-12-3-4-14-18-15(19-21(14)10-12)20-8-5-11(6-9-20)13-2-1-7-17-13/h3-4,10-11,13,17H,1-2,5-9H2. The first-order chi connectivity index (χ1) is 10.3. The van der Waals surface area contributed by atoms with Gasteiger partial charge < -0.3 is 10.2 Å². The molecule has 5 nitrogen and oxygen atoms in total. The lowest BCUT2D eigenvalue weighted by Gasteiger charge is -2.34. The van der Waals surface area contributed by atoms with E-state index in [1.807, 2.05) is 0 Å². The quantitative estimate of drug-likeness (QED) is 0.916. The van der Waals surface area contributed by atoms with Gasteiger partial charge in [-0.1, -0.05) is 0 Å². The number of fused-ring (bicyclic) bond motifs is 1. The van der Waals surface area contributed by atoms with E-state index in [2.05, 4.69) is 20.3 Å². The van der Waals surface area contributed by atoms with E-state index < -0.39 is 0 Å². The van der Waals surface area contributed by atoms with Crippen LogP contribution in [-0.2, 0) is 0 Å². The molecule has 2 saturated heterocycles. The summed E-state index contributed by atoms with van der Waals surface area (Å²) < 4.78 is 14.7. The Hall–Kier alpha value is -1.69. The molecule has 2 aromatic rings. The molecule has 4 heterocycles. The fourth-order valence-electron chi connectivity index (χ4n) is 3.60. The van der Waals surface area contributed by atoms with Crippen LogP contribution in [0, 0.1) is 11.7 Å². The number of pyridine rings is 1. The highest BCUT2D eigenvalue weighted by atomic mass is 19.1. The maximum atomic E-state index is 13.2. The van der Waals surface area contributed by atoms with Crippen molar-refractivity contribution < 1.29 is 4.39 Å². The molecule has 1 atom stereocenters. The Kier molecular flexibility index (Phi) is 3.25. The van der Waals surface area contributed by atoms with Gasteiger partial charge in [0, 0.05) is 19.1 Å². The third-order valence-electron chi connectivity index (χ3n) is 4.77. The average Bonchev–Trinajstić information content (AvgIpc) is 3.16. The topological polar surface area (TPSA) is 45.5 Å². The van der Waals surface area contributed by atoms with Crippen LogP contribution < -0.4 is 10.2 Å². The Bertz CT molecular complexity index is 626. The summed E-state index contributed by atoms with van der Waals surface area (Å²) >= 11 is 0. The molecule has 2 aliphatic rings. The molecule has 0 saturated carbocycles. The first-order valence-corrected chi connectivity index (χ1v) is 7.80. The van der Waals surface area contributed by atoms with Gasteiger partial charge in [0.05, 0.1) is 6.20 Å². The highest BCUT2D eigenvalue weighted by molar-refractivity contribution is 5.44. The largest absolute Gasteiger partial charge is 0.339 e. The van der Waals surface area contributed by atoms with Crippen molar-refractivity contribution in [3.63, 3.8) is 0 Å². The number of aromatic nitrogens is 3. The molecule has 0 amide bonds. The number of halogens is 1. The molecule has 4 rings (SSSR count). The molecule has 1 unspecified atom stereocenters. The molecule has 0 spiro atoms.